The average Bonchev–Trinajstić information content (AvgIpc) is 2.87. The molecule has 0 radical (unpaired) electrons. The van der Waals surface area contributed by atoms with Crippen LogP contribution in [0, 0.1) is 0 Å². The molecule has 0 spiro atoms. The highest BCUT2D eigenvalue weighted by Gasteiger charge is 2.19. The van der Waals surface area contributed by atoms with Gasteiger partial charge >= 0.3 is 17.9 Å². The van der Waals surface area contributed by atoms with Gasteiger partial charge in [0.1, 0.15) is 13.2 Å². The van der Waals surface area contributed by atoms with Crippen molar-refractivity contribution in [3.63, 3.8) is 0 Å². The molecule has 1 atom stereocenters. The van der Waals surface area contributed by atoms with Crippen molar-refractivity contribution in [2.75, 3.05) is 13.2 Å². The molecule has 0 aliphatic heterocycles. The van der Waals surface area contributed by atoms with Gasteiger partial charge in [-0.05, 0) is 19.3 Å². The Morgan fingerprint density at radius 1 is 0.444 bits per heavy atom. The van der Waals surface area contributed by atoms with Crippen LogP contribution in [0.15, 0.2) is 0 Å². The molecule has 0 aromatic heterocycles. The lowest BCUT2D eigenvalue weighted by Crippen LogP contribution is -2.30. The number of hydrogen-bond acceptors (Lipinski definition) is 6. The van der Waals surface area contributed by atoms with Crippen molar-refractivity contribution in [2.24, 2.45) is 0 Å². The van der Waals surface area contributed by atoms with E-state index >= 15 is 0 Å². The molecular weight excluding hydrogens is 456 g/mol. The van der Waals surface area contributed by atoms with Crippen molar-refractivity contribution in [1.82, 2.24) is 0 Å². The molecule has 0 N–H and O–H groups in total. The van der Waals surface area contributed by atoms with Gasteiger partial charge in [0.2, 0.25) is 0 Å². The number of unbranched alkanes of at least 4 members (excludes halogenated alkanes) is 15. The molecule has 0 heterocycles. The Morgan fingerprint density at radius 3 is 1.14 bits per heavy atom. The highest BCUT2D eigenvalue weighted by atomic mass is 16.6. The zero-order valence-electron chi connectivity index (χ0n) is 23.8. The maximum atomic E-state index is 12.3. The largest absolute Gasteiger partial charge is 0.462 e. The predicted octanol–water partition coefficient (Wildman–Crippen LogP) is 8.24. The molecule has 0 fully saturated rings. The minimum absolute atomic E-state index is 0.0685. The van der Waals surface area contributed by atoms with Crippen LogP contribution in [0.1, 0.15) is 156 Å². The molecule has 0 aromatic rings. The zero-order valence-corrected chi connectivity index (χ0v) is 23.8. The smallest absolute Gasteiger partial charge is 0.306 e. The molecule has 0 aliphatic carbocycles. The van der Waals surface area contributed by atoms with E-state index in [2.05, 4.69) is 20.8 Å². The van der Waals surface area contributed by atoms with E-state index < -0.39 is 6.10 Å². The number of hydrogen-bond donors (Lipinski definition) is 0. The van der Waals surface area contributed by atoms with Gasteiger partial charge in [-0.1, -0.05) is 117 Å². The van der Waals surface area contributed by atoms with Crippen molar-refractivity contribution in [1.29, 1.82) is 0 Å². The van der Waals surface area contributed by atoms with E-state index in [1.165, 1.54) is 44.9 Å². The molecule has 0 rings (SSSR count). The van der Waals surface area contributed by atoms with Gasteiger partial charge in [-0.3, -0.25) is 14.4 Å². The monoisotopic (exact) mass is 512 g/mol. The van der Waals surface area contributed by atoms with E-state index in [1.54, 1.807) is 0 Å². The molecule has 0 saturated heterocycles. The maximum Gasteiger partial charge on any atom is 0.306 e. The van der Waals surface area contributed by atoms with E-state index in [-0.39, 0.29) is 31.1 Å². The van der Waals surface area contributed by atoms with E-state index in [1.807, 2.05) is 0 Å². The second kappa shape index (κ2) is 26.5. The number of carbonyl (C=O) groups is 3. The first-order valence-corrected chi connectivity index (χ1v) is 15.0. The summed E-state index contributed by atoms with van der Waals surface area (Å²) >= 11 is 0. The fourth-order valence-electron chi connectivity index (χ4n) is 4.03. The van der Waals surface area contributed by atoms with Crippen LogP contribution in [-0.2, 0) is 28.6 Å². The Kier molecular flexibility index (Phi) is 25.3. The van der Waals surface area contributed by atoms with Crippen LogP contribution in [0.5, 0.6) is 0 Å². The van der Waals surface area contributed by atoms with Crippen molar-refractivity contribution in [3.8, 4) is 0 Å². The normalized spacial score (nSPS) is 11.8. The van der Waals surface area contributed by atoms with Crippen molar-refractivity contribution in [2.45, 2.75) is 162 Å². The average molecular weight is 513 g/mol. The minimum atomic E-state index is -0.750. The van der Waals surface area contributed by atoms with Crippen molar-refractivity contribution in [3.05, 3.63) is 0 Å². The van der Waals surface area contributed by atoms with Gasteiger partial charge in [-0.25, -0.2) is 0 Å². The van der Waals surface area contributed by atoms with Crippen LogP contribution in [0.2, 0.25) is 0 Å². The molecule has 0 bridgehead atoms. The van der Waals surface area contributed by atoms with E-state index in [0.29, 0.717) is 19.3 Å². The molecule has 0 saturated carbocycles. The molecule has 1 unspecified atom stereocenters. The second-order valence-electron chi connectivity index (χ2n) is 10.0. The van der Waals surface area contributed by atoms with Gasteiger partial charge in [0.25, 0.3) is 0 Å². The second-order valence-corrected chi connectivity index (χ2v) is 10.0. The first-order valence-electron chi connectivity index (χ1n) is 15.0. The van der Waals surface area contributed by atoms with Gasteiger partial charge in [0.15, 0.2) is 6.10 Å². The highest BCUT2D eigenvalue weighted by Crippen LogP contribution is 2.12. The first-order chi connectivity index (χ1) is 17.5. The standard InChI is InChI=1S/C30H56O6/c1-4-7-10-13-14-15-16-18-20-23-29(32)35-26-27(25-34-28(31)22-19-12-9-6-3)36-30(33)24-21-17-11-8-5-2/h27H,4-26H2,1-3H3. The molecule has 6 nitrogen and oxygen atoms in total. The summed E-state index contributed by atoms with van der Waals surface area (Å²) in [5, 5.41) is 0. The van der Waals surface area contributed by atoms with E-state index in [4.69, 9.17) is 14.2 Å². The SMILES string of the molecule is CCCCCCCCCCCC(=O)OCC(COC(=O)CCCCCC)OC(=O)CCCCCCC. The van der Waals surface area contributed by atoms with Gasteiger partial charge in [0, 0.05) is 19.3 Å². The van der Waals surface area contributed by atoms with E-state index in [0.717, 1.165) is 70.6 Å². The maximum absolute atomic E-state index is 12.3. The molecule has 212 valence electrons. The lowest BCUT2D eigenvalue weighted by Gasteiger charge is -2.18. The van der Waals surface area contributed by atoms with Crippen molar-refractivity contribution >= 4 is 17.9 Å². The zero-order chi connectivity index (χ0) is 26.7. The molecule has 6 heteroatoms. The third-order valence-electron chi connectivity index (χ3n) is 6.36. The summed E-state index contributed by atoms with van der Waals surface area (Å²) in [5.41, 5.74) is 0. The molecule has 0 aromatic carbocycles. The fraction of sp³-hybridized carbons (Fsp3) is 0.900. The van der Waals surface area contributed by atoms with Gasteiger partial charge in [-0.2, -0.15) is 0 Å². The third-order valence-corrected chi connectivity index (χ3v) is 6.36. The Bertz CT molecular complexity index is 534. The Morgan fingerprint density at radius 2 is 0.750 bits per heavy atom. The first kappa shape index (κ1) is 34.4. The molecular formula is C30H56O6. The number of rotatable bonds is 26. The van der Waals surface area contributed by atoms with Gasteiger partial charge in [-0.15, -0.1) is 0 Å². The van der Waals surface area contributed by atoms with Crippen LogP contribution >= 0.6 is 0 Å². The summed E-state index contributed by atoms with van der Waals surface area (Å²) in [7, 11) is 0. The summed E-state index contributed by atoms with van der Waals surface area (Å²) in [6.07, 6.45) is 20.2. The Hall–Kier alpha value is -1.59. The third kappa shape index (κ3) is 24.1. The Labute approximate surface area is 221 Å². The van der Waals surface area contributed by atoms with E-state index in [9.17, 15) is 14.4 Å². The Balaban J connectivity index is 4.28. The van der Waals surface area contributed by atoms with Crippen molar-refractivity contribution < 1.29 is 28.6 Å². The van der Waals surface area contributed by atoms with Gasteiger partial charge in [0.05, 0.1) is 0 Å². The topological polar surface area (TPSA) is 78.9 Å². The quantitative estimate of drug-likeness (QED) is 0.0659. The minimum Gasteiger partial charge on any atom is -0.462 e. The number of ether oxygens (including phenoxy) is 3. The molecule has 0 aliphatic rings. The van der Waals surface area contributed by atoms with Crippen LogP contribution < -0.4 is 0 Å². The summed E-state index contributed by atoms with van der Waals surface area (Å²) in [6, 6.07) is 0. The van der Waals surface area contributed by atoms with Crippen LogP contribution in [0.4, 0.5) is 0 Å². The van der Waals surface area contributed by atoms with Crippen LogP contribution in [0.3, 0.4) is 0 Å². The summed E-state index contributed by atoms with van der Waals surface area (Å²) in [6.45, 7) is 6.36. The predicted molar refractivity (Wildman–Crippen MR) is 146 cm³/mol. The number of esters is 3. The highest BCUT2D eigenvalue weighted by molar-refractivity contribution is 5.71. The van der Waals surface area contributed by atoms with Crippen LogP contribution in [0.25, 0.3) is 0 Å². The number of carbonyl (C=O) groups excluding carboxylic acids is 3. The molecule has 36 heavy (non-hydrogen) atoms. The molecule has 0 amide bonds. The van der Waals surface area contributed by atoms with Gasteiger partial charge < -0.3 is 14.2 Å². The van der Waals surface area contributed by atoms with Crippen LogP contribution in [-0.4, -0.2) is 37.2 Å². The lowest BCUT2D eigenvalue weighted by molar-refractivity contribution is -0.167. The summed E-state index contributed by atoms with van der Waals surface area (Å²) < 4.78 is 16.2. The summed E-state index contributed by atoms with van der Waals surface area (Å²) in [4.78, 5) is 36.5. The fourth-order valence-corrected chi connectivity index (χ4v) is 4.03. The summed E-state index contributed by atoms with van der Waals surface area (Å²) in [5.74, 6) is -0.914. The lowest BCUT2D eigenvalue weighted by atomic mass is 10.1.